The summed E-state index contributed by atoms with van der Waals surface area (Å²) in [4.78, 5) is 11.7. The molecule has 0 spiro atoms. The molecule has 1 aromatic rings. The van der Waals surface area contributed by atoms with E-state index in [-0.39, 0.29) is 5.97 Å². The molecule has 1 aliphatic rings. The molecule has 0 unspecified atom stereocenters. The Morgan fingerprint density at radius 1 is 1.33 bits per heavy atom. The van der Waals surface area contributed by atoms with Crippen molar-refractivity contribution in [3.8, 4) is 5.75 Å². The van der Waals surface area contributed by atoms with Gasteiger partial charge in [0.15, 0.2) is 0 Å². The monoisotopic (exact) mass is 245 g/mol. The van der Waals surface area contributed by atoms with Gasteiger partial charge in [0.05, 0.1) is 0 Å². The van der Waals surface area contributed by atoms with Crippen LogP contribution in [0.25, 0.3) is 0 Å². The number of esters is 1. The highest BCUT2D eigenvalue weighted by molar-refractivity contribution is 5.72. The van der Waals surface area contributed by atoms with Gasteiger partial charge in [0.2, 0.25) is 0 Å². The van der Waals surface area contributed by atoms with Gasteiger partial charge in [0.1, 0.15) is 5.75 Å². The van der Waals surface area contributed by atoms with E-state index in [1.54, 1.807) is 0 Å². The zero-order valence-corrected chi connectivity index (χ0v) is 10.7. The van der Waals surface area contributed by atoms with Gasteiger partial charge in [-0.2, -0.15) is 0 Å². The van der Waals surface area contributed by atoms with Gasteiger partial charge in [-0.1, -0.05) is 29.3 Å². The zero-order valence-electron chi connectivity index (χ0n) is 10.7. The summed E-state index contributed by atoms with van der Waals surface area (Å²) in [6.07, 6.45) is 4.51. The fourth-order valence-corrected chi connectivity index (χ4v) is 1.94. The summed E-state index contributed by atoms with van der Waals surface area (Å²) in [5.41, 5.74) is 2.47. The van der Waals surface area contributed by atoms with Crippen LogP contribution in [0.5, 0.6) is 5.75 Å². The summed E-state index contributed by atoms with van der Waals surface area (Å²) in [6, 6.07) is 7.54. The van der Waals surface area contributed by atoms with E-state index in [0.29, 0.717) is 12.2 Å². The first-order chi connectivity index (χ1) is 8.74. The predicted octanol–water partition coefficient (Wildman–Crippen LogP) is 2.60. The Labute approximate surface area is 108 Å². The Morgan fingerprint density at radius 2 is 2.11 bits per heavy atom. The smallest absolute Gasteiger partial charge is 0.311 e. The highest BCUT2D eigenvalue weighted by atomic mass is 16.5. The molecule has 0 saturated heterocycles. The standard InChI is InChI=1S/C15H19NO2/c1-12-4-7-14(8-5-12)18-15(17)9-6-13-3-2-10-16-11-13/h3-5,7-8,16H,2,6,9-11H2,1H3. The maximum Gasteiger partial charge on any atom is 0.311 e. The first-order valence-corrected chi connectivity index (χ1v) is 6.40. The lowest BCUT2D eigenvalue weighted by Gasteiger charge is -2.13. The Morgan fingerprint density at radius 3 is 2.78 bits per heavy atom. The number of rotatable bonds is 4. The van der Waals surface area contributed by atoms with E-state index >= 15 is 0 Å². The van der Waals surface area contributed by atoms with Gasteiger partial charge >= 0.3 is 5.97 Å². The maximum absolute atomic E-state index is 11.7. The number of ether oxygens (including phenoxy) is 1. The molecule has 3 heteroatoms. The SMILES string of the molecule is Cc1ccc(OC(=O)CCC2=CCCNC2)cc1. The third-order valence-corrected chi connectivity index (χ3v) is 3.01. The van der Waals surface area contributed by atoms with Crippen molar-refractivity contribution >= 4 is 5.97 Å². The number of hydrogen-bond acceptors (Lipinski definition) is 3. The summed E-state index contributed by atoms with van der Waals surface area (Å²) in [6.45, 7) is 3.95. The third kappa shape index (κ3) is 4.00. The molecule has 0 bridgehead atoms. The van der Waals surface area contributed by atoms with Crippen molar-refractivity contribution in [3.63, 3.8) is 0 Å². The molecule has 1 aromatic carbocycles. The second-order valence-electron chi connectivity index (χ2n) is 4.61. The van der Waals surface area contributed by atoms with Crippen LogP contribution in [0.2, 0.25) is 0 Å². The van der Waals surface area contributed by atoms with Gasteiger partial charge in [0, 0.05) is 13.0 Å². The molecule has 0 radical (unpaired) electrons. The molecule has 3 nitrogen and oxygen atoms in total. The number of carbonyl (C=O) groups excluding carboxylic acids is 1. The van der Waals surface area contributed by atoms with Crippen molar-refractivity contribution in [1.29, 1.82) is 0 Å². The number of benzene rings is 1. The molecule has 96 valence electrons. The summed E-state index contributed by atoms with van der Waals surface area (Å²) in [5.74, 6) is 0.465. The van der Waals surface area contributed by atoms with E-state index in [1.165, 1.54) is 5.57 Å². The minimum atomic E-state index is -0.162. The lowest BCUT2D eigenvalue weighted by atomic mass is 10.1. The Balaban J connectivity index is 1.78. The fraction of sp³-hybridized carbons (Fsp3) is 0.400. The Kier molecular flexibility index (Phi) is 4.53. The van der Waals surface area contributed by atoms with E-state index in [2.05, 4.69) is 11.4 Å². The molecule has 18 heavy (non-hydrogen) atoms. The lowest BCUT2D eigenvalue weighted by Crippen LogP contribution is -2.22. The molecule has 0 atom stereocenters. The van der Waals surface area contributed by atoms with Gasteiger partial charge in [-0.25, -0.2) is 0 Å². The number of aryl methyl sites for hydroxylation is 1. The molecule has 0 saturated carbocycles. The van der Waals surface area contributed by atoms with Crippen molar-refractivity contribution < 1.29 is 9.53 Å². The van der Waals surface area contributed by atoms with E-state index in [0.717, 1.165) is 31.5 Å². The van der Waals surface area contributed by atoms with Crippen molar-refractivity contribution in [2.45, 2.75) is 26.2 Å². The van der Waals surface area contributed by atoms with E-state index < -0.39 is 0 Å². The topological polar surface area (TPSA) is 38.3 Å². The molecule has 2 rings (SSSR count). The van der Waals surface area contributed by atoms with Crippen molar-refractivity contribution in [1.82, 2.24) is 5.32 Å². The zero-order chi connectivity index (χ0) is 12.8. The predicted molar refractivity (Wildman–Crippen MR) is 71.6 cm³/mol. The molecule has 1 heterocycles. The average Bonchev–Trinajstić information content (AvgIpc) is 2.40. The van der Waals surface area contributed by atoms with Crippen LogP contribution in [0, 0.1) is 6.92 Å². The van der Waals surface area contributed by atoms with Gasteiger partial charge < -0.3 is 10.1 Å². The van der Waals surface area contributed by atoms with Crippen LogP contribution < -0.4 is 10.1 Å². The number of hydrogen-bond donors (Lipinski definition) is 1. The lowest BCUT2D eigenvalue weighted by molar-refractivity contribution is -0.134. The minimum absolute atomic E-state index is 0.162. The summed E-state index contributed by atoms with van der Waals surface area (Å²) in [7, 11) is 0. The van der Waals surface area contributed by atoms with Crippen LogP contribution in [-0.2, 0) is 4.79 Å². The second-order valence-corrected chi connectivity index (χ2v) is 4.61. The van der Waals surface area contributed by atoms with Gasteiger partial charge in [0.25, 0.3) is 0 Å². The minimum Gasteiger partial charge on any atom is -0.427 e. The van der Waals surface area contributed by atoms with Crippen LogP contribution in [0.4, 0.5) is 0 Å². The highest BCUT2D eigenvalue weighted by Gasteiger charge is 2.08. The van der Waals surface area contributed by atoms with Crippen LogP contribution in [-0.4, -0.2) is 19.1 Å². The average molecular weight is 245 g/mol. The van der Waals surface area contributed by atoms with Crippen molar-refractivity contribution in [2.24, 2.45) is 0 Å². The summed E-state index contributed by atoms with van der Waals surface area (Å²) in [5, 5.41) is 3.29. The van der Waals surface area contributed by atoms with Crippen molar-refractivity contribution in [3.05, 3.63) is 41.5 Å². The molecule has 0 amide bonds. The van der Waals surface area contributed by atoms with Gasteiger partial charge in [-0.15, -0.1) is 0 Å². The molecule has 0 fully saturated rings. The first kappa shape index (κ1) is 12.8. The van der Waals surface area contributed by atoms with E-state index in [4.69, 9.17) is 4.74 Å². The molecule has 0 aromatic heterocycles. The summed E-state index contributed by atoms with van der Waals surface area (Å²) < 4.78 is 5.27. The van der Waals surface area contributed by atoms with E-state index in [9.17, 15) is 4.79 Å². The fourth-order valence-electron chi connectivity index (χ4n) is 1.94. The number of nitrogens with one attached hydrogen (secondary N) is 1. The Hall–Kier alpha value is -1.61. The largest absolute Gasteiger partial charge is 0.427 e. The first-order valence-electron chi connectivity index (χ1n) is 6.40. The van der Waals surface area contributed by atoms with Crippen LogP contribution in [0.15, 0.2) is 35.9 Å². The quantitative estimate of drug-likeness (QED) is 0.503. The molecule has 0 aliphatic carbocycles. The van der Waals surface area contributed by atoms with Gasteiger partial charge in [-0.3, -0.25) is 4.79 Å². The van der Waals surface area contributed by atoms with Crippen LogP contribution in [0.3, 0.4) is 0 Å². The van der Waals surface area contributed by atoms with Crippen LogP contribution in [0.1, 0.15) is 24.8 Å². The number of carbonyl (C=O) groups is 1. The summed E-state index contributed by atoms with van der Waals surface area (Å²) >= 11 is 0. The van der Waals surface area contributed by atoms with E-state index in [1.807, 2.05) is 31.2 Å². The molecular formula is C15H19NO2. The second kappa shape index (κ2) is 6.36. The maximum atomic E-state index is 11.7. The normalized spacial score (nSPS) is 15.1. The van der Waals surface area contributed by atoms with Gasteiger partial charge in [-0.05, 0) is 38.4 Å². The molecule has 1 N–H and O–H groups in total. The van der Waals surface area contributed by atoms with Crippen LogP contribution >= 0.6 is 0 Å². The molecular weight excluding hydrogens is 226 g/mol. The highest BCUT2D eigenvalue weighted by Crippen LogP contribution is 2.14. The van der Waals surface area contributed by atoms with Crippen molar-refractivity contribution in [2.75, 3.05) is 13.1 Å². The molecule has 1 aliphatic heterocycles. The third-order valence-electron chi connectivity index (χ3n) is 3.01. The Bertz CT molecular complexity index is 434.